The van der Waals surface area contributed by atoms with Crippen molar-refractivity contribution in [3.8, 4) is 5.75 Å². The molecule has 0 saturated carbocycles. The molecular formula is C21H16O3. The summed E-state index contributed by atoms with van der Waals surface area (Å²) in [6, 6.07) is 25.5. The van der Waals surface area contributed by atoms with Gasteiger partial charge in [-0.25, -0.2) is 0 Å². The fourth-order valence-corrected chi connectivity index (χ4v) is 3.06. The second-order valence-corrected chi connectivity index (χ2v) is 5.70. The van der Waals surface area contributed by atoms with Gasteiger partial charge in [0.25, 0.3) is 5.79 Å². The molecule has 4 rings (SSSR count). The number of benzene rings is 3. The molecule has 3 heteroatoms. The Labute approximate surface area is 140 Å². The maximum absolute atomic E-state index is 11.4. The van der Waals surface area contributed by atoms with Crippen molar-refractivity contribution in [2.75, 3.05) is 0 Å². The Balaban J connectivity index is 2.02. The van der Waals surface area contributed by atoms with Gasteiger partial charge in [-0.2, -0.15) is 0 Å². The van der Waals surface area contributed by atoms with Gasteiger partial charge in [-0.3, -0.25) is 0 Å². The van der Waals surface area contributed by atoms with Gasteiger partial charge in [0.1, 0.15) is 11.5 Å². The Bertz CT molecular complexity index is 901. The molecule has 0 aliphatic carbocycles. The van der Waals surface area contributed by atoms with Crippen LogP contribution >= 0.6 is 0 Å². The smallest absolute Gasteiger partial charge is 0.266 e. The fourth-order valence-electron chi connectivity index (χ4n) is 3.06. The number of rotatable bonds is 2. The zero-order valence-corrected chi connectivity index (χ0v) is 12.9. The van der Waals surface area contributed by atoms with Gasteiger partial charge >= 0.3 is 0 Å². The summed E-state index contributed by atoms with van der Waals surface area (Å²) in [6.07, 6.45) is 0. The van der Waals surface area contributed by atoms with Crippen LogP contribution in [0.4, 0.5) is 0 Å². The summed E-state index contributed by atoms with van der Waals surface area (Å²) >= 11 is 0. The second-order valence-electron chi connectivity index (χ2n) is 5.70. The third kappa shape index (κ3) is 2.18. The van der Waals surface area contributed by atoms with Crippen LogP contribution in [0.15, 0.2) is 84.9 Å². The predicted octanol–water partition coefficient (Wildman–Crippen LogP) is 4.35. The van der Waals surface area contributed by atoms with E-state index in [1.807, 2.05) is 60.7 Å². The molecule has 24 heavy (non-hydrogen) atoms. The topological polar surface area (TPSA) is 49.7 Å². The van der Waals surface area contributed by atoms with Gasteiger partial charge in [0.05, 0.1) is 11.1 Å². The largest absolute Gasteiger partial charge is 0.507 e. The Morgan fingerprint density at radius 1 is 0.708 bits per heavy atom. The van der Waals surface area contributed by atoms with Crippen LogP contribution in [-0.4, -0.2) is 10.2 Å². The van der Waals surface area contributed by atoms with E-state index in [-0.39, 0.29) is 5.76 Å². The maximum Gasteiger partial charge on any atom is 0.266 e. The molecule has 1 aliphatic rings. The molecule has 3 nitrogen and oxygen atoms in total. The van der Waals surface area contributed by atoms with Gasteiger partial charge < -0.3 is 14.9 Å². The summed E-state index contributed by atoms with van der Waals surface area (Å²) in [5.41, 5.74) is 2.17. The van der Waals surface area contributed by atoms with Gasteiger partial charge in [-0.1, -0.05) is 72.8 Å². The normalized spacial score (nSPS) is 19.5. The average molecular weight is 316 g/mol. The van der Waals surface area contributed by atoms with Gasteiger partial charge in [-0.05, 0) is 17.7 Å². The lowest BCUT2D eigenvalue weighted by molar-refractivity contribution is -0.0940. The van der Waals surface area contributed by atoms with E-state index < -0.39 is 5.79 Å². The van der Waals surface area contributed by atoms with E-state index in [2.05, 4.69) is 0 Å². The minimum absolute atomic E-state index is 0.0226. The maximum atomic E-state index is 11.4. The lowest BCUT2D eigenvalue weighted by atomic mass is 9.87. The summed E-state index contributed by atoms with van der Waals surface area (Å²) in [6.45, 7) is 0. The van der Waals surface area contributed by atoms with Crippen LogP contribution in [0.1, 0.15) is 16.7 Å². The molecule has 2 N–H and O–H groups in total. The van der Waals surface area contributed by atoms with Crippen molar-refractivity contribution in [2.24, 2.45) is 0 Å². The van der Waals surface area contributed by atoms with Crippen LogP contribution in [-0.2, 0) is 5.79 Å². The summed E-state index contributed by atoms with van der Waals surface area (Å²) < 4.78 is 5.98. The van der Waals surface area contributed by atoms with Crippen LogP contribution in [0.3, 0.4) is 0 Å². The third-order valence-corrected chi connectivity index (χ3v) is 4.20. The third-order valence-electron chi connectivity index (χ3n) is 4.20. The van der Waals surface area contributed by atoms with Crippen molar-refractivity contribution in [1.82, 2.24) is 0 Å². The summed E-state index contributed by atoms with van der Waals surface area (Å²) in [5.74, 6) is -1.29. The first kappa shape index (κ1) is 14.5. The highest BCUT2D eigenvalue weighted by Gasteiger charge is 2.44. The summed E-state index contributed by atoms with van der Waals surface area (Å²) in [4.78, 5) is 0. The van der Waals surface area contributed by atoms with Crippen molar-refractivity contribution in [2.45, 2.75) is 5.79 Å². The number of aliphatic hydroxyl groups excluding tert-OH is 1. The van der Waals surface area contributed by atoms with Crippen LogP contribution in [0.5, 0.6) is 5.75 Å². The number of ether oxygens (including phenoxy) is 1. The molecule has 3 aromatic carbocycles. The molecule has 1 aliphatic heterocycles. The van der Waals surface area contributed by atoms with Crippen molar-refractivity contribution >= 4 is 11.3 Å². The lowest BCUT2D eigenvalue weighted by Gasteiger charge is -2.36. The number of hydrogen-bond acceptors (Lipinski definition) is 3. The Hall–Kier alpha value is -3.04. The standard InChI is InChI=1S/C21H16O3/c22-20-17-13-7-8-14-18(17)24-21(23,16-11-5-2-6-12-16)19(20)15-9-3-1-4-10-15/h1-14,22-23H. The van der Waals surface area contributed by atoms with Crippen LogP contribution in [0, 0.1) is 0 Å². The number of para-hydroxylation sites is 1. The molecule has 0 fully saturated rings. The second kappa shape index (κ2) is 5.55. The minimum atomic E-state index is -1.76. The minimum Gasteiger partial charge on any atom is -0.507 e. The van der Waals surface area contributed by atoms with E-state index in [0.717, 1.165) is 0 Å². The Morgan fingerprint density at radius 3 is 2.00 bits per heavy atom. The van der Waals surface area contributed by atoms with Crippen molar-refractivity contribution in [1.29, 1.82) is 0 Å². The predicted molar refractivity (Wildman–Crippen MR) is 93.3 cm³/mol. The molecule has 0 radical (unpaired) electrons. The quantitative estimate of drug-likeness (QED) is 0.739. The Morgan fingerprint density at radius 2 is 1.29 bits per heavy atom. The zero-order chi connectivity index (χ0) is 16.6. The highest BCUT2D eigenvalue weighted by molar-refractivity contribution is 5.93. The van der Waals surface area contributed by atoms with E-state index >= 15 is 0 Å². The van der Waals surface area contributed by atoms with Gasteiger partial charge in [-0.15, -0.1) is 0 Å². The van der Waals surface area contributed by atoms with Crippen molar-refractivity contribution in [3.63, 3.8) is 0 Å². The lowest BCUT2D eigenvalue weighted by Crippen LogP contribution is -2.37. The number of hydrogen-bond donors (Lipinski definition) is 2. The first-order chi connectivity index (χ1) is 11.7. The van der Waals surface area contributed by atoms with Gasteiger partial charge in [0, 0.05) is 5.56 Å². The molecule has 1 unspecified atom stereocenters. The Kier molecular flexibility index (Phi) is 3.36. The van der Waals surface area contributed by atoms with E-state index in [0.29, 0.717) is 28.0 Å². The molecule has 1 atom stereocenters. The van der Waals surface area contributed by atoms with Crippen molar-refractivity contribution < 1.29 is 14.9 Å². The monoisotopic (exact) mass is 316 g/mol. The molecule has 0 amide bonds. The van der Waals surface area contributed by atoms with E-state index in [4.69, 9.17) is 4.74 Å². The fraction of sp³-hybridized carbons (Fsp3) is 0.0476. The molecule has 1 heterocycles. The molecule has 0 aromatic heterocycles. The highest BCUT2D eigenvalue weighted by atomic mass is 16.6. The SMILES string of the molecule is OC1=C(c2ccccc2)C(O)(c2ccccc2)Oc2ccccc21. The zero-order valence-electron chi connectivity index (χ0n) is 12.9. The summed E-state index contributed by atoms with van der Waals surface area (Å²) in [7, 11) is 0. The number of fused-ring (bicyclic) bond motifs is 1. The van der Waals surface area contributed by atoms with E-state index in [1.54, 1.807) is 24.3 Å². The first-order valence-corrected chi connectivity index (χ1v) is 7.75. The van der Waals surface area contributed by atoms with Gasteiger partial charge in [0.15, 0.2) is 0 Å². The van der Waals surface area contributed by atoms with Crippen LogP contribution < -0.4 is 4.74 Å². The molecule has 0 bridgehead atoms. The highest BCUT2D eigenvalue weighted by Crippen LogP contribution is 2.47. The molecular weight excluding hydrogens is 300 g/mol. The molecule has 3 aromatic rings. The molecule has 118 valence electrons. The average Bonchev–Trinajstić information content (AvgIpc) is 2.63. The van der Waals surface area contributed by atoms with E-state index in [9.17, 15) is 10.2 Å². The van der Waals surface area contributed by atoms with Crippen molar-refractivity contribution in [3.05, 3.63) is 102 Å². The van der Waals surface area contributed by atoms with Gasteiger partial charge in [0.2, 0.25) is 0 Å². The molecule has 0 saturated heterocycles. The van der Waals surface area contributed by atoms with Crippen LogP contribution in [0.2, 0.25) is 0 Å². The summed E-state index contributed by atoms with van der Waals surface area (Å²) in [5, 5.41) is 22.3. The molecule has 0 spiro atoms. The van der Waals surface area contributed by atoms with E-state index in [1.165, 1.54) is 0 Å². The van der Waals surface area contributed by atoms with Crippen LogP contribution in [0.25, 0.3) is 11.3 Å². The number of aliphatic hydroxyl groups is 2. The first-order valence-electron chi connectivity index (χ1n) is 7.75.